The van der Waals surface area contributed by atoms with Gasteiger partial charge in [-0.1, -0.05) is 78.4 Å². The van der Waals surface area contributed by atoms with E-state index in [0.29, 0.717) is 0 Å². The van der Waals surface area contributed by atoms with E-state index in [4.69, 9.17) is 4.42 Å². The first kappa shape index (κ1) is 14.8. The van der Waals surface area contributed by atoms with Gasteiger partial charge in [-0.15, -0.1) is 0 Å². The second-order valence-electron chi connectivity index (χ2n) is 7.44. The predicted molar refractivity (Wildman–Crippen MR) is 111 cm³/mol. The van der Waals surface area contributed by atoms with Crippen molar-refractivity contribution in [1.29, 1.82) is 0 Å². The SMILES string of the molecule is Cc1ccc2c(c1)-c1ccc3c(oc4ccccc43)c1C2c1ccccc1. The summed E-state index contributed by atoms with van der Waals surface area (Å²) in [5.74, 6) is 0.209. The topological polar surface area (TPSA) is 13.1 Å². The first-order chi connectivity index (χ1) is 13.3. The van der Waals surface area contributed by atoms with Crippen LogP contribution < -0.4 is 0 Å². The van der Waals surface area contributed by atoms with Crippen molar-refractivity contribution in [1.82, 2.24) is 0 Å². The zero-order chi connectivity index (χ0) is 18.0. The number of benzene rings is 4. The van der Waals surface area contributed by atoms with Crippen molar-refractivity contribution in [2.45, 2.75) is 12.8 Å². The van der Waals surface area contributed by atoms with Gasteiger partial charge in [0.2, 0.25) is 0 Å². The van der Waals surface area contributed by atoms with Gasteiger partial charge in [-0.3, -0.25) is 0 Å². The van der Waals surface area contributed by atoms with Crippen LogP contribution in [0.2, 0.25) is 0 Å². The second kappa shape index (κ2) is 5.34. The fraction of sp³-hybridized carbons (Fsp3) is 0.0769. The average molecular weight is 346 g/mol. The molecule has 1 heteroatoms. The van der Waals surface area contributed by atoms with E-state index in [1.54, 1.807) is 0 Å². The number of para-hydroxylation sites is 1. The molecule has 0 spiro atoms. The average Bonchev–Trinajstić information content (AvgIpc) is 3.24. The molecule has 27 heavy (non-hydrogen) atoms. The summed E-state index contributed by atoms with van der Waals surface area (Å²) in [7, 11) is 0. The third kappa shape index (κ3) is 2.00. The van der Waals surface area contributed by atoms with Crippen molar-refractivity contribution >= 4 is 21.9 Å². The first-order valence-electron chi connectivity index (χ1n) is 9.41. The molecule has 0 aliphatic heterocycles. The monoisotopic (exact) mass is 346 g/mol. The van der Waals surface area contributed by atoms with Crippen molar-refractivity contribution in [2.24, 2.45) is 0 Å². The molecule has 1 unspecified atom stereocenters. The molecule has 6 rings (SSSR count). The van der Waals surface area contributed by atoms with Crippen LogP contribution >= 0.6 is 0 Å². The maximum Gasteiger partial charge on any atom is 0.140 e. The normalized spacial score (nSPS) is 15.2. The number of aryl methyl sites for hydroxylation is 1. The van der Waals surface area contributed by atoms with Crippen LogP contribution in [0.3, 0.4) is 0 Å². The van der Waals surface area contributed by atoms with Crippen LogP contribution in [0.25, 0.3) is 33.1 Å². The van der Waals surface area contributed by atoms with Crippen molar-refractivity contribution < 1.29 is 4.42 Å². The van der Waals surface area contributed by atoms with Gasteiger partial charge in [0.15, 0.2) is 0 Å². The zero-order valence-corrected chi connectivity index (χ0v) is 15.1. The van der Waals surface area contributed by atoms with Gasteiger partial charge in [0, 0.05) is 22.3 Å². The Kier molecular flexibility index (Phi) is 2.93. The van der Waals surface area contributed by atoms with E-state index in [1.807, 2.05) is 6.07 Å². The fourth-order valence-corrected chi connectivity index (χ4v) is 4.63. The van der Waals surface area contributed by atoms with Gasteiger partial charge in [0.1, 0.15) is 11.2 Å². The molecule has 1 nitrogen and oxygen atoms in total. The molecule has 5 aromatic rings. The minimum atomic E-state index is 0.209. The summed E-state index contributed by atoms with van der Waals surface area (Å²) in [6.07, 6.45) is 0. The summed E-state index contributed by atoms with van der Waals surface area (Å²) in [6.45, 7) is 2.16. The maximum absolute atomic E-state index is 6.41. The summed E-state index contributed by atoms with van der Waals surface area (Å²) in [4.78, 5) is 0. The van der Waals surface area contributed by atoms with Gasteiger partial charge in [0.05, 0.1) is 0 Å². The highest BCUT2D eigenvalue weighted by molar-refractivity contribution is 6.09. The number of rotatable bonds is 1. The minimum Gasteiger partial charge on any atom is -0.456 e. The highest BCUT2D eigenvalue weighted by atomic mass is 16.3. The number of hydrogen-bond donors (Lipinski definition) is 0. The second-order valence-corrected chi connectivity index (χ2v) is 7.44. The van der Waals surface area contributed by atoms with Crippen LogP contribution in [-0.4, -0.2) is 0 Å². The molecule has 0 saturated carbocycles. The molecule has 128 valence electrons. The van der Waals surface area contributed by atoms with Gasteiger partial charge in [-0.2, -0.15) is 0 Å². The number of hydrogen-bond acceptors (Lipinski definition) is 1. The smallest absolute Gasteiger partial charge is 0.140 e. The number of fused-ring (bicyclic) bond motifs is 7. The van der Waals surface area contributed by atoms with Crippen molar-refractivity contribution in [3.05, 3.63) is 107 Å². The molecule has 1 aromatic heterocycles. The van der Waals surface area contributed by atoms with Crippen LogP contribution in [0, 0.1) is 6.92 Å². The van der Waals surface area contributed by atoms with E-state index in [-0.39, 0.29) is 5.92 Å². The third-order valence-corrected chi connectivity index (χ3v) is 5.82. The Morgan fingerprint density at radius 2 is 1.52 bits per heavy atom. The summed E-state index contributed by atoms with van der Waals surface area (Å²) in [6, 6.07) is 30.4. The quantitative estimate of drug-likeness (QED) is 0.311. The van der Waals surface area contributed by atoms with E-state index < -0.39 is 0 Å². The molecule has 4 aromatic carbocycles. The Labute approximate surface area is 157 Å². The lowest BCUT2D eigenvalue weighted by Crippen LogP contribution is -1.99. The molecule has 1 aliphatic carbocycles. The highest BCUT2D eigenvalue weighted by Gasteiger charge is 2.33. The Morgan fingerprint density at radius 3 is 2.41 bits per heavy atom. The molecule has 1 aliphatic rings. The van der Waals surface area contributed by atoms with Gasteiger partial charge < -0.3 is 4.42 Å². The van der Waals surface area contributed by atoms with Crippen molar-refractivity contribution in [2.75, 3.05) is 0 Å². The predicted octanol–water partition coefficient (Wildman–Crippen LogP) is 7.06. The largest absolute Gasteiger partial charge is 0.456 e. The molecule has 1 atom stereocenters. The molecule has 0 N–H and O–H groups in total. The molecular formula is C26H18O. The molecule has 0 bridgehead atoms. The lowest BCUT2D eigenvalue weighted by molar-refractivity contribution is 0.662. The molecule has 0 amide bonds. The van der Waals surface area contributed by atoms with E-state index in [2.05, 4.69) is 85.8 Å². The zero-order valence-electron chi connectivity index (χ0n) is 15.1. The summed E-state index contributed by atoms with van der Waals surface area (Å²) in [5, 5.41) is 2.39. The van der Waals surface area contributed by atoms with Crippen LogP contribution in [-0.2, 0) is 0 Å². The Morgan fingerprint density at radius 1 is 0.704 bits per heavy atom. The van der Waals surface area contributed by atoms with Gasteiger partial charge in [-0.25, -0.2) is 0 Å². The molecule has 1 heterocycles. The highest BCUT2D eigenvalue weighted by Crippen LogP contribution is 2.52. The lowest BCUT2D eigenvalue weighted by atomic mass is 9.88. The lowest BCUT2D eigenvalue weighted by Gasteiger charge is -2.14. The minimum absolute atomic E-state index is 0.209. The molecule has 0 fully saturated rings. The van der Waals surface area contributed by atoms with Crippen molar-refractivity contribution in [3.8, 4) is 11.1 Å². The third-order valence-electron chi connectivity index (χ3n) is 5.82. The van der Waals surface area contributed by atoms with E-state index in [0.717, 1.165) is 11.2 Å². The Hall–Kier alpha value is -3.32. The van der Waals surface area contributed by atoms with Crippen LogP contribution in [0.5, 0.6) is 0 Å². The van der Waals surface area contributed by atoms with E-state index in [1.165, 1.54) is 44.2 Å². The van der Waals surface area contributed by atoms with E-state index in [9.17, 15) is 0 Å². The summed E-state index contributed by atoms with van der Waals surface area (Å²) < 4.78 is 6.41. The van der Waals surface area contributed by atoms with Gasteiger partial charge in [-0.05, 0) is 41.3 Å². The maximum atomic E-state index is 6.41. The standard InChI is InChI=1S/C26H18O/c1-16-11-12-19-22(15-16)20-13-14-21-18-9-5-6-10-23(18)27-26(21)25(20)24(19)17-7-3-2-4-8-17/h2-15,24H,1H3. The molecule has 0 radical (unpaired) electrons. The Bertz CT molecular complexity index is 1320. The first-order valence-corrected chi connectivity index (χ1v) is 9.41. The molecule has 0 saturated heterocycles. The van der Waals surface area contributed by atoms with Gasteiger partial charge >= 0.3 is 0 Å². The van der Waals surface area contributed by atoms with Gasteiger partial charge in [0.25, 0.3) is 0 Å². The summed E-state index contributed by atoms with van der Waals surface area (Å²) in [5.41, 5.74) is 9.89. The van der Waals surface area contributed by atoms with Crippen molar-refractivity contribution in [3.63, 3.8) is 0 Å². The fourth-order valence-electron chi connectivity index (χ4n) is 4.63. The number of furan rings is 1. The summed E-state index contributed by atoms with van der Waals surface area (Å²) >= 11 is 0. The molecular weight excluding hydrogens is 328 g/mol. The van der Waals surface area contributed by atoms with Crippen LogP contribution in [0.1, 0.15) is 28.2 Å². The van der Waals surface area contributed by atoms with Crippen LogP contribution in [0.15, 0.2) is 89.3 Å². The van der Waals surface area contributed by atoms with E-state index >= 15 is 0 Å². The Balaban J connectivity index is 1.76. The van der Waals surface area contributed by atoms with Crippen LogP contribution in [0.4, 0.5) is 0 Å².